The molecule has 2 heterocycles. The van der Waals surface area contributed by atoms with Gasteiger partial charge in [-0.1, -0.05) is 19.1 Å². The van der Waals surface area contributed by atoms with Crippen LogP contribution in [0.3, 0.4) is 0 Å². The van der Waals surface area contributed by atoms with Gasteiger partial charge in [-0.15, -0.1) is 0 Å². The van der Waals surface area contributed by atoms with E-state index in [1.54, 1.807) is 12.1 Å². The molecule has 4 rings (SSSR count). The molecular weight excluding hydrogens is 477 g/mol. The van der Waals surface area contributed by atoms with Crippen molar-refractivity contribution in [3.05, 3.63) is 47.0 Å². The Kier molecular flexibility index (Phi) is 8.09. The number of fused-ring (bicyclic) bond motifs is 4. The van der Waals surface area contributed by atoms with Crippen molar-refractivity contribution < 1.29 is 44.8 Å². The summed E-state index contributed by atoms with van der Waals surface area (Å²) in [6.45, 7) is 0.508. The molecule has 2 unspecified atom stereocenters. The van der Waals surface area contributed by atoms with E-state index in [0.717, 1.165) is 16.7 Å². The van der Waals surface area contributed by atoms with Gasteiger partial charge >= 0.3 is 22.8 Å². The molecule has 2 atom stereocenters. The zero-order valence-corrected chi connectivity index (χ0v) is 19.7. The monoisotopic (exact) mass is 502 g/mol. The summed E-state index contributed by atoms with van der Waals surface area (Å²) in [6, 6.07) is 8.93. The maximum Gasteiger partial charge on any atom is 0.379 e. The summed E-state index contributed by atoms with van der Waals surface area (Å²) in [5.41, 5.74) is 3.35. The maximum atomic E-state index is 13.0. The van der Waals surface area contributed by atoms with Gasteiger partial charge in [0.1, 0.15) is 17.6 Å². The number of esters is 1. The summed E-state index contributed by atoms with van der Waals surface area (Å²) >= 11 is 0. The first-order valence-electron chi connectivity index (χ1n) is 10.5. The van der Waals surface area contributed by atoms with Crippen molar-refractivity contribution in [2.75, 3.05) is 20.3 Å². The molecule has 0 spiro atoms. The van der Waals surface area contributed by atoms with Crippen LogP contribution in [0.1, 0.15) is 36.1 Å². The molecule has 2 aromatic rings. The third kappa shape index (κ3) is 5.47. The molecule has 0 aliphatic carbocycles. The van der Waals surface area contributed by atoms with Crippen LogP contribution in [0, 0.1) is 6.92 Å². The van der Waals surface area contributed by atoms with Gasteiger partial charge in [-0.2, -0.15) is 21.6 Å². The second-order valence-electron chi connectivity index (χ2n) is 7.73. The highest BCUT2D eigenvalue weighted by Crippen LogP contribution is 2.44. The molecule has 0 aromatic heterocycles. The Morgan fingerprint density at radius 3 is 2.50 bits per heavy atom. The molecule has 11 heteroatoms. The summed E-state index contributed by atoms with van der Waals surface area (Å²) in [5, 5.41) is -0.802. The Morgan fingerprint density at radius 2 is 1.85 bits per heavy atom. The highest BCUT2D eigenvalue weighted by Gasteiger charge is 2.37. The number of halogens is 3. The summed E-state index contributed by atoms with van der Waals surface area (Å²) < 4.78 is 77.0. The molecule has 186 valence electrons. The van der Waals surface area contributed by atoms with E-state index in [2.05, 4.69) is 0 Å². The quantitative estimate of drug-likeness (QED) is 0.439. The van der Waals surface area contributed by atoms with E-state index in [9.17, 15) is 26.4 Å². The first-order valence-corrected chi connectivity index (χ1v) is 12.0. The zero-order chi connectivity index (χ0) is 25.0. The minimum absolute atomic E-state index is 0.0348. The first kappa shape index (κ1) is 25.8. The van der Waals surface area contributed by atoms with Gasteiger partial charge in [0.15, 0.2) is 11.9 Å². The highest BCUT2D eigenvalue weighted by atomic mass is 32.2. The van der Waals surface area contributed by atoms with Crippen LogP contribution in [0.2, 0.25) is 0 Å². The van der Waals surface area contributed by atoms with Crippen molar-refractivity contribution in [1.82, 2.24) is 0 Å². The predicted molar refractivity (Wildman–Crippen MR) is 117 cm³/mol. The molecule has 7 nitrogen and oxygen atoms in total. The average Bonchev–Trinajstić information content (AvgIpc) is 2.80. The van der Waals surface area contributed by atoms with E-state index in [-0.39, 0.29) is 12.4 Å². The third-order valence-corrected chi connectivity index (χ3v) is 6.96. The Balaban J connectivity index is 0.000000751. The summed E-state index contributed by atoms with van der Waals surface area (Å²) in [6.07, 6.45) is 0.0162. The molecule has 0 fully saturated rings. The lowest BCUT2D eigenvalue weighted by molar-refractivity contribution is -0.154. The van der Waals surface area contributed by atoms with E-state index in [1.807, 2.05) is 32.0 Å². The molecule has 0 saturated heterocycles. The number of aryl methyl sites for hydroxylation is 1. The molecule has 2 aliphatic heterocycles. The van der Waals surface area contributed by atoms with Crippen molar-refractivity contribution in [2.45, 2.75) is 44.7 Å². The summed E-state index contributed by atoms with van der Waals surface area (Å²) in [7, 11) is -2.64. The number of alkyl halides is 3. The number of rotatable bonds is 5. The molecule has 34 heavy (non-hydrogen) atoms. The van der Waals surface area contributed by atoms with Gasteiger partial charge in [0, 0.05) is 17.7 Å². The van der Waals surface area contributed by atoms with Crippen LogP contribution in [0.4, 0.5) is 13.2 Å². The standard InChI is InChI=1S/C22H24O7S.CHF3/c1-4-9-27-21(22(23)26-3)19-13(2)5-7-18-20(19)14-6-8-17-15(10-14)11-16(12-28-17)30(24,25)29-18;2-1(3)4/h5-8,10,16,21H,4,9,11-12H2,1-3H3;1H. The van der Waals surface area contributed by atoms with Crippen LogP contribution in [0.15, 0.2) is 30.3 Å². The van der Waals surface area contributed by atoms with Crippen molar-refractivity contribution in [2.24, 2.45) is 0 Å². The number of carbonyl (C=O) groups excluding carboxylic acids is 1. The van der Waals surface area contributed by atoms with Crippen molar-refractivity contribution in [1.29, 1.82) is 0 Å². The van der Waals surface area contributed by atoms with Crippen LogP contribution < -0.4 is 8.92 Å². The summed E-state index contributed by atoms with van der Waals surface area (Å²) in [5.74, 6) is 0.275. The van der Waals surface area contributed by atoms with Crippen molar-refractivity contribution in [3.8, 4) is 22.6 Å². The largest absolute Gasteiger partial charge is 0.492 e. The van der Waals surface area contributed by atoms with Crippen LogP contribution in [0.25, 0.3) is 11.1 Å². The van der Waals surface area contributed by atoms with Gasteiger partial charge < -0.3 is 18.4 Å². The van der Waals surface area contributed by atoms with Gasteiger partial charge in [0.05, 0.1) is 7.11 Å². The number of carbonyl (C=O) groups is 1. The van der Waals surface area contributed by atoms with Crippen LogP contribution in [-0.4, -0.2) is 46.6 Å². The van der Waals surface area contributed by atoms with Crippen LogP contribution in [-0.2, 0) is 30.8 Å². The fourth-order valence-corrected chi connectivity index (χ4v) is 5.07. The second-order valence-corrected chi connectivity index (χ2v) is 9.55. The second kappa shape index (κ2) is 10.6. The smallest absolute Gasteiger partial charge is 0.379 e. The SMILES string of the molecule is CCCOC(C(=O)OC)c1c(C)ccc2c1-c1ccc3c(c1)CC(CO3)S(=O)(=O)O2.FC(F)F. The molecule has 0 amide bonds. The number of hydrogen-bond acceptors (Lipinski definition) is 7. The first-order chi connectivity index (χ1) is 16.1. The lowest BCUT2D eigenvalue weighted by atomic mass is 9.89. The number of benzene rings is 2. The zero-order valence-electron chi connectivity index (χ0n) is 18.8. The molecule has 2 aliphatic rings. The molecular formula is C23H25F3O7S. The Hall–Kier alpha value is -2.79. The lowest BCUT2D eigenvalue weighted by Crippen LogP contribution is -2.36. The van der Waals surface area contributed by atoms with Gasteiger partial charge in [0.25, 0.3) is 0 Å². The van der Waals surface area contributed by atoms with Crippen LogP contribution >= 0.6 is 0 Å². The average molecular weight is 503 g/mol. The topological polar surface area (TPSA) is 88.1 Å². The van der Waals surface area contributed by atoms with E-state index in [1.165, 1.54) is 7.11 Å². The van der Waals surface area contributed by atoms with Crippen LogP contribution in [0.5, 0.6) is 11.5 Å². The molecule has 3 bridgehead atoms. The minimum Gasteiger partial charge on any atom is -0.492 e. The number of ether oxygens (including phenoxy) is 3. The molecule has 2 aromatic carbocycles. The van der Waals surface area contributed by atoms with E-state index >= 15 is 0 Å². The predicted octanol–water partition coefficient (Wildman–Crippen LogP) is 4.51. The number of methoxy groups -OCH3 is 1. The summed E-state index contributed by atoms with van der Waals surface area (Å²) in [4.78, 5) is 12.6. The Labute approximate surface area is 195 Å². The van der Waals surface area contributed by atoms with E-state index in [4.69, 9.17) is 18.4 Å². The fourth-order valence-electron chi connectivity index (χ4n) is 3.92. The number of hydrogen-bond donors (Lipinski definition) is 0. The molecule has 0 N–H and O–H groups in total. The normalized spacial score (nSPS) is 18.1. The van der Waals surface area contributed by atoms with E-state index in [0.29, 0.717) is 36.3 Å². The maximum absolute atomic E-state index is 13.0. The van der Waals surface area contributed by atoms with Crippen molar-refractivity contribution >= 4 is 16.1 Å². The molecule has 0 radical (unpaired) electrons. The van der Waals surface area contributed by atoms with Crippen molar-refractivity contribution in [3.63, 3.8) is 0 Å². The lowest BCUT2D eigenvalue weighted by Gasteiger charge is -2.24. The van der Waals surface area contributed by atoms with E-state index < -0.39 is 34.1 Å². The third-order valence-electron chi connectivity index (χ3n) is 5.43. The highest BCUT2D eigenvalue weighted by molar-refractivity contribution is 7.87. The van der Waals surface area contributed by atoms with Gasteiger partial charge in [0.2, 0.25) is 0 Å². The Bertz CT molecular complexity index is 1150. The Morgan fingerprint density at radius 1 is 1.18 bits per heavy atom. The minimum atomic E-state index is -3.95. The van der Waals surface area contributed by atoms with Gasteiger partial charge in [-0.3, -0.25) is 0 Å². The fraction of sp³-hybridized carbons (Fsp3) is 0.435. The van der Waals surface area contributed by atoms with Gasteiger partial charge in [-0.25, -0.2) is 4.79 Å². The molecule has 0 saturated carbocycles. The van der Waals surface area contributed by atoms with Gasteiger partial charge in [-0.05, 0) is 54.7 Å².